The van der Waals surface area contributed by atoms with Crippen LogP contribution in [0.2, 0.25) is 0 Å². The summed E-state index contributed by atoms with van der Waals surface area (Å²) in [5.74, 6) is -1.41. The number of hydrogen-bond acceptors (Lipinski definition) is 5. The summed E-state index contributed by atoms with van der Waals surface area (Å²) >= 11 is 1.62. The standard InChI is InChI=1S/C29H45N3O4S/c1-7-12-20(5)31-17-11-14-29-23(22-25(34)30(15-8-2)16-10-13-28(22,6)37-29)26(35)32(24(29)27(31)36)21(18-33)19(4)9-3/h10-11,13-14,19-24,33H,7-9,12,15-18H2,1-6H3/t19-,20?,21-,22+,23-,24?,28-,29-/m0/s1. The molecule has 3 amide bonds. The molecule has 8 heteroatoms. The van der Waals surface area contributed by atoms with Crippen molar-refractivity contribution < 1.29 is 19.5 Å². The summed E-state index contributed by atoms with van der Waals surface area (Å²) < 4.78 is -1.45. The van der Waals surface area contributed by atoms with Gasteiger partial charge in [0.25, 0.3) is 0 Å². The van der Waals surface area contributed by atoms with Gasteiger partial charge in [-0.2, -0.15) is 0 Å². The summed E-state index contributed by atoms with van der Waals surface area (Å²) in [6.07, 6.45) is 11.8. The van der Waals surface area contributed by atoms with Crippen molar-refractivity contribution >= 4 is 29.5 Å². The monoisotopic (exact) mass is 531 g/mol. The van der Waals surface area contributed by atoms with E-state index in [1.165, 1.54) is 0 Å². The Hall–Kier alpha value is -1.80. The van der Waals surface area contributed by atoms with Gasteiger partial charge < -0.3 is 19.8 Å². The lowest BCUT2D eigenvalue weighted by Gasteiger charge is -2.42. The number of thioether (sulfide) groups is 1. The minimum absolute atomic E-state index is 0.00284. The molecule has 206 valence electrons. The molecule has 2 unspecified atom stereocenters. The molecule has 0 aromatic rings. The molecule has 1 N–H and O–H groups in total. The summed E-state index contributed by atoms with van der Waals surface area (Å²) in [4.78, 5) is 48.6. The van der Waals surface area contributed by atoms with Crippen molar-refractivity contribution in [2.45, 2.75) is 94.8 Å². The van der Waals surface area contributed by atoms with Crippen LogP contribution in [0.3, 0.4) is 0 Å². The average molecular weight is 532 g/mol. The Kier molecular flexibility index (Phi) is 8.20. The minimum Gasteiger partial charge on any atom is -0.394 e. The fraction of sp³-hybridized carbons (Fsp3) is 0.759. The van der Waals surface area contributed by atoms with Crippen molar-refractivity contribution in [2.75, 3.05) is 26.2 Å². The zero-order valence-electron chi connectivity index (χ0n) is 23.4. The molecular formula is C29H45N3O4S. The lowest BCUT2D eigenvalue weighted by Crippen LogP contribution is -2.59. The highest BCUT2D eigenvalue weighted by Gasteiger charge is 2.74. The van der Waals surface area contributed by atoms with E-state index in [0.717, 1.165) is 25.7 Å². The molecule has 7 nitrogen and oxygen atoms in total. The Morgan fingerprint density at radius 2 is 1.70 bits per heavy atom. The van der Waals surface area contributed by atoms with E-state index in [4.69, 9.17) is 0 Å². The van der Waals surface area contributed by atoms with E-state index in [2.05, 4.69) is 45.9 Å². The lowest BCUT2D eigenvalue weighted by atomic mass is 9.74. The molecule has 37 heavy (non-hydrogen) atoms. The van der Waals surface area contributed by atoms with E-state index in [1.54, 1.807) is 16.7 Å². The van der Waals surface area contributed by atoms with Crippen LogP contribution in [0, 0.1) is 17.8 Å². The van der Waals surface area contributed by atoms with E-state index in [9.17, 15) is 19.5 Å². The number of fused-ring (bicyclic) bond motifs is 2. The van der Waals surface area contributed by atoms with Gasteiger partial charge in [0.2, 0.25) is 17.7 Å². The number of hydrogen-bond donors (Lipinski definition) is 1. The molecule has 0 saturated carbocycles. The third-order valence-electron chi connectivity index (χ3n) is 9.19. The van der Waals surface area contributed by atoms with Gasteiger partial charge in [-0.05, 0) is 32.6 Å². The fourth-order valence-corrected chi connectivity index (χ4v) is 9.29. The van der Waals surface area contributed by atoms with Crippen molar-refractivity contribution in [1.29, 1.82) is 0 Å². The second-order valence-electron chi connectivity index (χ2n) is 11.6. The molecule has 2 fully saturated rings. The van der Waals surface area contributed by atoms with Crippen molar-refractivity contribution in [2.24, 2.45) is 17.8 Å². The van der Waals surface area contributed by atoms with Gasteiger partial charge in [0, 0.05) is 30.4 Å². The van der Waals surface area contributed by atoms with Gasteiger partial charge in [-0.15, -0.1) is 11.8 Å². The first-order chi connectivity index (χ1) is 17.6. The largest absolute Gasteiger partial charge is 0.394 e. The molecule has 1 spiro atoms. The number of aliphatic hydroxyl groups excluding tert-OH is 1. The van der Waals surface area contributed by atoms with E-state index >= 15 is 0 Å². The second kappa shape index (κ2) is 10.8. The number of carbonyl (C=O) groups is 3. The first kappa shape index (κ1) is 28.2. The lowest BCUT2D eigenvalue weighted by molar-refractivity contribution is -0.149. The molecule has 0 aromatic heterocycles. The van der Waals surface area contributed by atoms with Crippen LogP contribution < -0.4 is 0 Å². The molecular weight excluding hydrogens is 486 g/mol. The molecule has 2 saturated heterocycles. The number of carbonyl (C=O) groups excluding carboxylic acids is 3. The van der Waals surface area contributed by atoms with E-state index < -0.39 is 33.4 Å². The first-order valence-electron chi connectivity index (χ1n) is 14.2. The van der Waals surface area contributed by atoms with Crippen LogP contribution in [0.15, 0.2) is 24.3 Å². The smallest absolute Gasteiger partial charge is 0.247 e. The third kappa shape index (κ3) is 4.36. The summed E-state index contributed by atoms with van der Waals surface area (Å²) in [7, 11) is 0. The Labute approximate surface area is 226 Å². The molecule has 0 radical (unpaired) electrons. The zero-order valence-corrected chi connectivity index (χ0v) is 24.2. The van der Waals surface area contributed by atoms with Crippen LogP contribution in [-0.2, 0) is 14.4 Å². The third-order valence-corrected chi connectivity index (χ3v) is 11.0. The van der Waals surface area contributed by atoms with Gasteiger partial charge in [0.05, 0.1) is 29.2 Å². The van der Waals surface area contributed by atoms with Gasteiger partial charge in [0.15, 0.2) is 0 Å². The molecule has 4 rings (SSSR count). The van der Waals surface area contributed by atoms with Crippen molar-refractivity contribution in [3.05, 3.63) is 24.3 Å². The molecule has 4 heterocycles. The summed E-state index contributed by atoms with van der Waals surface area (Å²) in [6, 6.07) is -1.18. The predicted molar refractivity (Wildman–Crippen MR) is 148 cm³/mol. The first-order valence-corrected chi connectivity index (χ1v) is 15.0. The molecule has 8 atom stereocenters. The molecule has 0 aromatic carbocycles. The SMILES string of the molecule is CCCC(C)N1CC=C[C@]23S[C@@]4(C)C=CCN(CCC)C(=O)[C@H]4[C@H]2C(=O)N([C@@H](CO)[C@@H](C)CC)C3C1=O. The predicted octanol–water partition coefficient (Wildman–Crippen LogP) is 3.48. The topological polar surface area (TPSA) is 81.2 Å². The van der Waals surface area contributed by atoms with Crippen LogP contribution in [0.25, 0.3) is 0 Å². The minimum atomic E-state index is -0.857. The average Bonchev–Trinajstić information content (AvgIpc) is 3.13. The maximum Gasteiger partial charge on any atom is 0.247 e. The van der Waals surface area contributed by atoms with Crippen LogP contribution in [0.1, 0.15) is 67.2 Å². The molecule has 4 aliphatic heterocycles. The highest BCUT2D eigenvalue weighted by Crippen LogP contribution is 2.66. The van der Waals surface area contributed by atoms with Gasteiger partial charge in [-0.25, -0.2) is 0 Å². The van der Waals surface area contributed by atoms with Crippen molar-refractivity contribution in [3.8, 4) is 0 Å². The van der Waals surface area contributed by atoms with E-state index in [1.807, 2.05) is 29.7 Å². The zero-order chi connectivity index (χ0) is 27.1. The molecule has 0 aliphatic carbocycles. The number of rotatable bonds is 9. The van der Waals surface area contributed by atoms with Crippen LogP contribution in [0.4, 0.5) is 0 Å². The van der Waals surface area contributed by atoms with Crippen LogP contribution >= 0.6 is 11.8 Å². The molecule has 0 bridgehead atoms. The van der Waals surface area contributed by atoms with Gasteiger partial charge in [-0.1, -0.05) is 64.8 Å². The van der Waals surface area contributed by atoms with E-state index in [-0.39, 0.29) is 36.3 Å². The number of aliphatic hydroxyl groups is 1. The van der Waals surface area contributed by atoms with Crippen LogP contribution in [-0.4, -0.2) is 91.4 Å². The van der Waals surface area contributed by atoms with Crippen LogP contribution in [0.5, 0.6) is 0 Å². The summed E-state index contributed by atoms with van der Waals surface area (Å²) in [5, 5.41) is 10.5. The summed E-state index contributed by atoms with van der Waals surface area (Å²) in [5.41, 5.74) is 0. The maximum atomic E-state index is 14.6. The van der Waals surface area contributed by atoms with Gasteiger partial charge >= 0.3 is 0 Å². The van der Waals surface area contributed by atoms with Crippen molar-refractivity contribution in [3.63, 3.8) is 0 Å². The Bertz CT molecular complexity index is 969. The van der Waals surface area contributed by atoms with Gasteiger partial charge in [-0.3, -0.25) is 14.4 Å². The maximum absolute atomic E-state index is 14.6. The Balaban J connectivity index is 1.89. The Morgan fingerprint density at radius 1 is 1.00 bits per heavy atom. The number of nitrogens with zero attached hydrogens (tertiary/aromatic N) is 3. The fourth-order valence-electron chi connectivity index (χ4n) is 7.14. The highest BCUT2D eigenvalue weighted by atomic mass is 32.2. The number of likely N-dealkylation sites (tertiary alicyclic amines) is 1. The number of amides is 3. The van der Waals surface area contributed by atoms with Gasteiger partial charge in [0.1, 0.15) is 6.04 Å². The molecule has 4 aliphatic rings. The second-order valence-corrected chi connectivity index (χ2v) is 13.4. The Morgan fingerprint density at radius 3 is 2.32 bits per heavy atom. The normalized spacial score (nSPS) is 35.7. The highest BCUT2D eigenvalue weighted by molar-refractivity contribution is 8.02. The summed E-state index contributed by atoms with van der Waals surface area (Å²) in [6.45, 7) is 13.9. The quantitative estimate of drug-likeness (QED) is 0.461. The van der Waals surface area contributed by atoms with Crippen molar-refractivity contribution in [1.82, 2.24) is 14.7 Å². The van der Waals surface area contributed by atoms with E-state index in [0.29, 0.717) is 19.6 Å².